The highest BCUT2D eigenvalue weighted by molar-refractivity contribution is 7.47. The number of nitrogens with one attached hydrogen (secondary N) is 1. The van der Waals surface area contributed by atoms with Gasteiger partial charge in [0.25, 0.3) is 5.56 Å². The van der Waals surface area contributed by atoms with Crippen molar-refractivity contribution < 1.29 is 56.9 Å². The van der Waals surface area contributed by atoms with Crippen LogP contribution in [0, 0.1) is 5.82 Å². The molecule has 0 amide bonds. The minimum Gasteiger partial charge on any atom is -0.462 e. The van der Waals surface area contributed by atoms with Crippen LogP contribution in [0.2, 0.25) is 0 Å². The summed E-state index contributed by atoms with van der Waals surface area (Å²) in [5.41, 5.74) is -2.43. The number of H-pyrrole nitrogens is 1. The molecule has 6 unspecified atom stereocenters. The van der Waals surface area contributed by atoms with Gasteiger partial charge in [-0.05, 0) is 51.4 Å². The summed E-state index contributed by atoms with van der Waals surface area (Å²) in [5.74, 6) is -2.50. The SMILES string of the molecule is CCCCC/C=C/C/C=C/C/C=C/C/C=C/CCCC(=O)OC(COC(=O)CCCCCCCCCCCCCCC)COP(=O)(O)OCC1OC(n2cc(F)c(=O)[nH]c2=O)C(O)C1O. The quantitative estimate of drug-likeness (QED) is 0.0211. The number of hydrogen-bond donors (Lipinski definition) is 4. The van der Waals surface area contributed by atoms with Gasteiger partial charge in [0.1, 0.15) is 24.9 Å². The summed E-state index contributed by atoms with van der Waals surface area (Å²) in [6, 6.07) is 0. The number of carbonyl (C=O) groups excluding carboxylic acids is 2. The van der Waals surface area contributed by atoms with E-state index in [0.29, 0.717) is 30.0 Å². The van der Waals surface area contributed by atoms with E-state index in [4.69, 9.17) is 23.3 Å². The zero-order valence-corrected chi connectivity index (χ0v) is 39.8. The highest BCUT2D eigenvalue weighted by atomic mass is 31.2. The molecule has 1 aliphatic rings. The van der Waals surface area contributed by atoms with Crippen molar-refractivity contribution in [2.24, 2.45) is 0 Å². The van der Waals surface area contributed by atoms with Gasteiger partial charge in [0, 0.05) is 12.8 Å². The van der Waals surface area contributed by atoms with Gasteiger partial charge < -0.3 is 29.3 Å². The number of aliphatic hydroxyl groups is 2. The van der Waals surface area contributed by atoms with Crippen LogP contribution >= 0.6 is 7.82 Å². The second-order valence-corrected chi connectivity index (χ2v) is 18.0. The van der Waals surface area contributed by atoms with Crippen molar-refractivity contribution in [2.75, 3.05) is 19.8 Å². The van der Waals surface area contributed by atoms with Crippen molar-refractivity contribution >= 4 is 19.8 Å². The zero-order chi connectivity index (χ0) is 47.5. The Morgan fingerprint density at radius 1 is 0.723 bits per heavy atom. The third kappa shape index (κ3) is 27.0. The van der Waals surface area contributed by atoms with Crippen molar-refractivity contribution in [2.45, 2.75) is 199 Å². The number of nitrogens with zero attached hydrogens (tertiary/aromatic N) is 1. The summed E-state index contributed by atoms with van der Waals surface area (Å²) in [6.45, 7) is 2.45. The molecule has 1 saturated heterocycles. The van der Waals surface area contributed by atoms with Gasteiger partial charge in [0.2, 0.25) is 5.82 Å². The Labute approximate surface area is 385 Å². The van der Waals surface area contributed by atoms with E-state index in [1.807, 2.05) is 12.2 Å². The predicted molar refractivity (Wildman–Crippen MR) is 248 cm³/mol. The Bertz CT molecular complexity index is 1750. The van der Waals surface area contributed by atoms with Crippen LogP contribution < -0.4 is 11.2 Å². The molecule has 370 valence electrons. The number of halogens is 1. The molecule has 15 nitrogen and oxygen atoms in total. The summed E-state index contributed by atoms with van der Waals surface area (Å²) in [5, 5.41) is 20.9. The first-order valence-electron chi connectivity index (χ1n) is 24.0. The lowest BCUT2D eigenvalue weighted by atomic mass is 10.0. The predicted octanol–water partition coefficient (Wildman–Crippen LogP) is 9.51. The van der Waals surface area contributed by atoms with E-state index in [1.54, 1.807) is 4.98 Å². The molecule has 17 heteroatoms. The molecule has 6 atom stereocenters. The Morgan fingerprint density at radius 2 is 1.23 bits per heavy atom. The molecule has 4 N–H and O–H groups in total. The maximum atomic E-state index is 13.9. The Kier molecular flexibility index (Phi) is 31.6. The molecule has 1 aliphatic heterocycles. The molecule has 0 radical (unpaired) electrons. The molecule has 2 rings (SSSR count). The molecule has 0 spiro atoms. The summed E-state index contributed by atoms with van der Waals surface area (Å²) in [7, 11) is -4.95. The van der Waals surface area contributed by atoms with Crippen LogP contribution in [-0.2, 0) is 37.4 Å². The third-order valence-corrected chi connectivity index (χ3v) is 11.7. The molecule has 0 saturated carbocycles. The lowest BCUT2D eigenvalue weighted by molar-refractivity contribution is -0.161. The van der Waals surface area contributed by atoms with Crippen LogP contribution in [0.1, 0.15) is 174 Å². The van der Waals surface area contributed by atoms with E-state index in [9.17, 15) is 43.2 Å². The van der Waals surface area contributed by atoms with Gasteiger partial charge in [-0.15, -0.1) is 0 Å². The van der Waals surface area contributed by atoms with Crippen LogP contribution in [0.4, 0.5) is 4.39 Å². The number of allylic oxidation sites excluding steroid dienone is 8. The average molecular weight is 941 g/mol. The maximum absolute atomic E-state index is 13.9. The largest absolute Gasteiger partial charge is 0.472 e. The number of carbonyl (C=O) groups is 2. The molecule has 0 aromatic carbocycles. The van der Waals surface area contributed by atoms with Crippen molar-refractivity contribution in [3.8, 4) is 0 Å². The van der Waals surface area contributed by atoms with Crippen molar-refractivity contribution in [1.29, 1.82) is 0 Å². The number of ether oxygens (including phenoxy) is 3. The van der Waals surface area contributed by atoms with Gasteiger partial charge in [-0.3, -0.25) is 33.0 Å². The number of rotatable bonds is 38. The van der Waals surface area contributed by atoms with Gasteiger partial charge in [-0.25, -0.2) is 9.36 Å². The standard InChI is InChI=1S/C48H78FN2O13P/c1-3-5-7-9-11-13-15-17-18-19-20-22-24-26-28-30-32-34-43(53)63-39(36-60-42(52)33-31-29-27-25-23-21-16-14-12-10-8-6-4-2)37-61-65(58,59)62-38-41-44(54)45(55)47(64-41)51-35-40(49)46(56)50-48(51)57/h11,13,17-18,20,22,26,28,35,39,41,44-45,47,54-55H,3-10,12,14-16,19,21,23-25,27,29-34,36-38H2,1-2H3,(H,58,59)(H,50,56,57)/b13-11+,18-17+,22-20+,28-26+. The number of aromatic nitrogens is 2. The molecule has 2 heterocycles. The Hall–Kier alpha value is -3.50. The zero-order valence-electron chi connectivity index (χ0n) is 38.9. The van der Waals surface area contributed by atoms with Gasteiger partial charge in [0.15, 0.2) is 12.3 Å². The highest BCUT2D eigenvalue weighted by Crippen LogP contribution is 2.44. The first-order valence-corrected chi connectivity index (χ1v) is 25.5. The number of unbranched alkanes of at least 4 members (excludes halogenated alkanes) is 16. The number of phosphoric ester groups is 1. The smallest absolute Gasteiger partial charge is 0.462 e. The van der Waals surface area contributed by atoms with E-state index in [-0.39, 0.29) is 12.8 Å². The number of hydrogen-bond acceptors (Lipinski definition) is 12. The van der Waals surface area contributed by atoms with E-state index < -0.39 is 87.3 Å². The summed E-state index contributed by atoms with van der Waals surface area (Å²) >= 11 is 0. The second kappa shape index (κ2) is 35.7. The van der Waals surface area contributed by atoms with Crippen LogP contribution in [-0.4, -0.2) is 80.8 Å². The summed E-state index contributed by atoms with van der Waals surface area (Å²) < 4.78 is 53.6. The van der Waals surface area contributed by atoms with Gasteiger partial charge in [-0.1, -0.05) is 152 Å². The van der Waals surface area contributed by atoms with Crippen molar-refractivity contribution in [3.63, 3.8) is 0 Å². The van der Waals surface area contributed by atoms with Crippen molar-refractivity contribution in [3.05, 3.63) is 81.5 Å². The lowest BCUT2D eigenvalue weighted by Crippen LogP contribution is -2.38. The van der Waals surface area contributed by atoms with Crippen LogP contribution in [0.5, 0.6) is 0 Å². The fourth-order valence-corrected chi connectivity index (χ4v) is 7.72. The maximum Gasteiger partial charge on any atom is 0.472 e. The second-order valence-electron chi connectivity index (χ2n) is 16.5. The van der Waals surface area contributed by atoms with Gasteiger partial charge in [-0.2, -0.15) is 4.39 Å². The minimum atomic E-state index is -4.95. The Morgan fingerprint density at radius 3 is 1.82 bits per heavy atom. The molecule has 1 fully saturated rings. The Balaban J connectivity index is 1.82. The van der Waals surface area contributed by atoms with Crippen LogP contribution in [0.15, 0.2) is 64.4 Å². The number of aromatic amines is 1. The summed E-state index contributed by atoms with van der Waals surface area (Å²) in [4.78, 5) is 61.1. The number of esters is 2. The van der Waals surface area contributed by atoms with Crippen LogP contribution in [0.3, 0.4) is 0 Å². The monoisotopic (exact) mass is 941 g/mol. The van der Waals surface area contributed by atoms with E-state index in [1.165, 1.54) is 77.0 Å². The minimum absolute atomic E-state index is 0.0252. The van der Waals surface area contributed by atoms with E-state index in [0.717, 1.165) is 44.9 Å². The molecular weight excluding hydrogens is 863 g/mol. The molecular formula is C48H78FN2O13P. The van der Waals surface area contributed by atoms with E-state index >= 15 is 0 Å². The highest BCUT2D eigenvalue weighted by Gasteiger charge is 2.45. The normalized spacial score (nSPS) is 19.2. The molecule has 1 aromatic heterocycles. The molecule has 0 bridgehead atoms. The molecule has 1 aromatic rings. The van der Waals surface area contributed by atoms with Crippen LogP contribution in [0.25, 0.3) is 0 Å². The molecule has 0 aliphatic carbocycles. The first-order chi connectivity index (χ1) is 31.4. The van der Waals surface area contributed by atoms with Gasteiger partial charge in [0.05, 0.1) is 19.4 Å². The number of aliphatic hydroxyl groups excluding tert-OH is 2. The molecule has 65 heavy (non-hydrogen) atoms. The fourth-order valence-electron chi connectivity index (χ4n) is 6.96. The first kappa shape index (κ1) is 57.6. The topological polar surface area (TPSA) is 213 Å². The third-order valence-electron chi connectivity index (χ3n) is 10.8. The fraction of sp³-hybridized carbons (Fsp3) is 0.708. The van der Waals surface area contributed by atoms with Gasteiger partial charge >= 0.3 is 25.5 Å². The summed E-state index contributed by atoms with van der Waals surface area (Å²) in [6.07, 6.45) is 33.1. The lowest BCUT2D eigenvalue weighted by Gasteiger charge is -2.21. The average Bonchev–Trinajstić information content (AvgIpc) is 3.56. The van der Waals surface area contributed by atoms with Crippen molar-refractivity contribution in [1.82, 2.24) is 9.55 Å². The van der Waals surface area contributed by atoms with E-state index in [2.05, 4.69) is 50.3 Å². The number of phosphoric acid groups is 1.